The van der Waals surface area contributed by atoms with Crippen molar-refractivity contribution in [3.63, 3.8) is 0 Å². The summed E-state index contributed by atoms with van der Waals surface area (Å²) in [6, 6.07) is 8.87. The van der Waals surface area contributed by atoms with Gasteiger partial charge in [-0.3, -0.25) is 0 Å². The molecule has 2 N–H and O–H groups in total. The maximum Gasteiger partial charge on any atom is 0.0323 e. The Morgan fingerprint density at radius 1 is 1.24 bits per heavy atom. The number of halogens is 1. The number of hydrogen-bond donors (Lipinski definition) is 1. The number of rotatable bonds is 2. The summed E-state index contributed by atoms with van der Waals surface area (Å²) in [5, 5.41) is 0. The van der Waals surface area contributed by atoms with Crippen molar-refractivity contribution in [2.24, 2.45) is 23.5 Å². The van der Waals surface area contributed by atoms with Gasteiger partial charge in [-0.05, 0) is 70.9 Å². The van der Waals surface area contributed by atoms with E-state index in [0.717, 1.165) is 11.8 Å². The topological polar surface area (TPSA) is 26.0 Å². The molecule has 1 aliphatic carbocycles. The molecule has 1 nitrogen and oxygen atoms in total. The normalized spacial score (nSPS) is 31.2. The van der Waals surface area contributed by atoms with Crippen molar-refractivity contribution in [2.75, 3.05) is 0 Å². The summed E-state index contributed by atoms with van der Waals surface area (Å²) in [5.41, 5.74) is 7.75. The van der Waals surface area contributed by atoms with Crippen molar-refractivity contribution >= 4 is 22.6 Å². The standard InChI is InChI=1S/C15H22IN/c1-10-6-7-13(8-11(10)2)15(17)12-4-3-5-14(16)9-12/h3-5,9-11,13,15H,6-8,17H2,1-2H3. The van der Waals surface area contributed by atoms with E-state index in [1.807, 2.05) is 0 Å². The zero-order valence-electron chi connectivity index (χ0n) is 10.7. The Morgan fingerprint density at radius 3 is 2.65 bits per heavy atom. The van der Waals surface area contributed by atoms with E-state index in [-0.39, 0.29) is 6.04 Å². The molecule has 2 heteroatoms. The first-order valence-corrected chi connectivity index (χ1v) is 7.67. The molecule has 2 rings (SSSR count). The van der Waals surface area contributed by atoms with Crippen LogP contribution < -0.4 is 5.73 Å². The molecular formula is C15H22IN. The Balaban J connectivity index is 2.07. The molecule has 4 atom stereocenters. The van der Waals surface area contributed by atoms with E-state index in [4.69, 9.17) is 5.73 Å². The average Bonchev–Trinajstić information content (AvgIpc) is 2.32. The summed E-state index contributed by atoms with van der Waals surface area (Å²) in [6.07, 6.45) is 3.91. The highest BCUT2D eigenvalue weighted by Gasteiger charge is 2.29. The minimum atomic E-state index is 0.222. The van der Waals surface area contributed by atoms with Crippen molar-refractivity contribution in [3.8, 4) is 0 Å². The highest BCUT2D eigenvalue weighted by Crippen LogP contribution is 2.38. The van der Waals surface area contributed by atoms with Crippen LogP contribution in [-0.2, 0) is 0 Å². The lowest BCUT2D eigenvalue weighted by atomic mass is 9.72. The Kier molecular flexibility index (Phi) is 4.47. The minimum absolute atomic E-state index is 0.222. The van der Waals surface area contributed by atoms with Crippen molar-refractivity contribution < 1.29 is 0 Å². The molecule has 0 heterocycles. The molecule has 94 valence electrons. The van der Waals surface area contributed by atoms with E-state index < -0.39 is 0 Å². The smallest absolute Gasteiger partial charge is 0.0323 e. The Labute approximate surface area is 118 Å². The fourth-order valence-electron chi connectivity index (χ4n) is 2.90. The lowest BCUT2D eigenvalue weighted by Crippen LogP contribution is -2.29. The molecule has 0 radical (unpaired) electrons. The monoisotopic (exact) mass is 343 g/mol. The van der Waals surface area contributed by atoms with E-state index in [1.165, 1.54) is 28.4 Å². The molecule has 1 aromatic carbocycles. The maximum absolute atomic E-state index is 6.44. The summed E-state index contributed by atoms with van der Waals surface area (Å²) in [5.74, 6) is 2.36. The zero-order valence-corrected chi connectivity index (χ0v) is 12.9. The highest BCUT2D eigenvalue weighted by atomic mass is 127. The van der Waals surface area contributed by atoms with Crippen molar-refractivity contribution in [1.29, 1.82) is 0 Å². The molecule has 4 unspecified atom stereocenters. The molecule has 0 aliphatic heterocycles. The third kappa shape index (κ3) is 3.22. The third-order valence-electron chi connectivity index (χ3n) is 4.38. The van der Waals surface area contributed by atoms with Crippen LogP contribution in [0, 0.1) is 21.3 Å². The lowest BCUT2D eigenvalue weighted by Gasteiger charge is -2.35. The molecule has 17 heavy (non-hydrogen) atoms. The minimum Gasteiger partial charge on any atom is -0.324 e. The number of hydrogen-bond acceptors (Lipinski definition) is 1. The predicted molar refractivity (Wildman–Crippen MR) is 81.8 cm³/mol. The average molecular weight is 343 g/mol. The first kappa shape index (κ1) is 13.3. The summed E-state index contributed by atoms with van der Waals surface area (Å²) < 4.78 is 1.28. The molecule has 1 fully saturated rings. The van der Waals surface area contributed by atoms with Gasteiger partial charge in [0.1, 0.15) is 0 Å². The van der Waals surface area contributed by atoms with E-state index in [0.29, 0.717) is 5.92 Å². The van der Waals surface area contributed by atoms with Gasteiger partial charge < -0.3 is 5.73 Å². The molecule has 1 aliphatic rings. The van der Waals surface area contributed by atoms with Crippen LogP contribution in [0.5, 0.6) is 0 Å². The Hall–Kier alpha value is -0.0900. The van der Waals surface area contributed by atoms with Crippen LogP contribution in [-0.4, -0.2) is 0 Å². The van der Waals surface area contributed by atoms with Gasteiger partial charge >= 0.3 is 0 Å². The summed E-state index contributed by atoms with van der Waals surface area (Å²) in [4.78, 5) is 0. The molecular weight excluding hydrogens is 321 g/mol. The molecule has 0 spiro atoms. The van der Waals surface area contributed by atoms with Gasteiger partial charge in [-0.15, -0.1) is 0 Å². The Bertz CT molecular complexity index is 377. The molecule has 0 amide bonds. The largest absolute Gasteiger partial charge is 0.324 e. The first-order chi connectivity index (χ1) is 8.08. The zero-order chi connectivity index (χ0) is 12.4. The van der Waals surface area contributed by atoms with Gasteiger partial charge in [0.2, 0.25) is 0 Å². The fourth-order valence-corrected chi connectivity index (χ4v) is 3.47. The number of benzene rings is 1. The van der Waals surface area contributed by atoms with Gasteiger partial charge in [-0.2, -0.15) is 0 Å². The second-order valence-electron chi connectivity index (χ2n) is 5.61. The second kappa shape index (κ2) is 5.70. The van der Waals surface area contributed by atoms with Crippen LogP contribution in [0.4, 0.5) is 0 Å². The molecule has 0 bridgehead atoms. The van der Waals surface area contributed by atoms with Crippen LogP contribution >= 0.6 is 22.6 Å². The lowest BCUT2D eigenvalue weighted by molar-refractivity contribution is 0.186. The van der Waals surface area contributed by atoms with E-state index in [2.05, 4.69) is 60.7 Å². The van der Waals surface area contributed by atoms with Gasteiger partial charge in [0, 0.05) is 9.61 Å². The number of nitrogens with two attached hydrogens (primary N) is 1. The molecule has 1 saturated carbocycles. The van der Waals surface area contributed by atoms with Crippen LogP contribution in [0.3, 0.4) is 0 Å². The SMILES string of the molecule is CC1CCC(C(N)c2cccc(I)c2)CC1C. The second-order valence-corrected chi connectivity index (χ2v) is 6.85. The van der Waals surface area contributed by atoms with Crippen molar-refractivity contribution in [2.45, 2.75) is 39.2 Å². The fraction of sp³-hybridized carbons (Fsp3) is 0.600. The van der Waals surface area contributed by atoms with E-state index in [1.54, 1.807) is 0 Å². The van der Waals surface area contributed by atoms with Crippen molar-refractivity contribution in [3.05, 3.63) is 33.4 Å². The summed E-state index contributed by atoms with van der Waals surface area (Å²) in [6.45, 7) is 4.75. The summed E-state index contributed by atoms with van der Waals surface area (Å²) >= 11 is 2.36. The van der Waals surface area contributed by atoms with Gasteiger partial charge in [0.15, 0.2) is 0 Å². The maximum atomic E-state index is 6.44. The van der Waals surface area contributed by atoms with Crippen LogP contribution in [0.1, 0.15) is 44.7 Å². The first-order valence-electron chi connectivity index (χ1n) is 6.59. The summed E-state index contributed by atoms with van der Waals surface area (Å²) in [7, 11) is 0. The van der Waals surface area contributed by atoms with Crippen LogP contribution in [0.25, 0.3) is 0 Å². The molecule has 0 saturated heterocycles. The van der Waals surface area contributed by atoms with Crippen LogP contribution in [0.15, 0.2) is 24.3 Å². The highest BCUT2D eigenvalue weighted by molar-refractivity contribution is 14.1. The predicted octanol–water partition coefficient (Wildman–Crippen LogP) is 4.36. The van der Waals surface area contributed by atoms with Gasteiger partial charge in [-0.1, -0.05) is 32.4 Å². The van der Waals surface area contributed by atoms with Crippen LogP contribution in [0.2, 0.25) is 0 Å². The molecule has 0 aromatic heterocycles. The van der Waals surface area contributed by atoms with Gasteiger partial charge in [0.05, 0.1) is 0 Å². The van der Waals surface area contributed by atoms with Gasteiger partial charge in [0.25, 0.3) is 0 Å². The molecule has 1 aromatic rings. The van der Waals surface area contributed by atoms with E-state index in [9.17, 15) is 0 Å². The third-order valence-corrected chi connectivity index (χ3v) is 5.05. The Morgan fingerprint density at radius 2 is 2.00 bits per heavy atom. The van der Waals surface area contributed by atoms with E-state index >= 15 is 0 Å². The quantitative estimate of drug-likeness (QED) is 0.793. The van der Waals surface area contributed by atoms with Crippen molar-refractivity contribution in [1.82, 2.24) is 0 Å². The van der Waals surface area contributed by atoms with Gasteiger partial charge in [-0.25, -0.2) is 0 Å².